The fourth-order valence-corrected chi connectivity index (χ4v) is 3.53. The van der Waals surface area contributed by atoms with Gasteiger partial charge >= 0.3 is 12.0 Å². The number of rotatable bonds is 4. The standard InChI is InChI=1S/C18H18N2O3S/c1-11-8-9-14(24-11)16-15(12(2)19-18(22)20-16)17(21)23-10-13-6-4-3-5-7-13/h3-9,16H,10H2,1-2H3,(H2,19,20,22). The molecule has 6 heteroatoms. The molecule has 24 heavy (non-hydrogen) atoms. The topological polar surface area (TPSA) is 67.4 Å². The fraction of sp³-hybridized carbons (Fsp3) is 0.222. The van der Waals surface area contributed by atoms with Gasteiger partial charge in [0.25, 0.3) is 0 Å². The van der Waals surface area contributed by atoms with Crippen molar-refractivity contribution in [3.8, 4) is 0 Å². The Bertz CT molecular complexity index is 796. The predicted octanol–water partition coefficient (Wildman–Crippen LogP) is 3.43. The van der Waals surface area contributed by atoms with Crippen molar-refractivity contribution in [3.05, 3.63) is 69.1 Å². The Balaban J connectivity index is 1.82. The number of amides is 2. The highest BCUT2D eigenvalue weighted by molar-refractivity contribution is 7.12. The summed E-state index contributed by atoms with van der Waals surface area (Å²) in [5.41, 5.74) is 1.88. The zero-order valence-electron chi connectivity index (χ0n) is 13.5. The van der Waals surface area contributed by atoms with Gasteiger partial charge in [0.2, 0.25) is 0 Å². The number of esters is 1. The number of allylic oxidation sites excluding steroid dienone is 1. The summed E-state index contributed by atoms with van der Waals surface area (Å²) in [6, 6.07) is 12.6. The van der Waals surface area contributed by atoms with E-state index in [4.69, 9.17) is 4.74 Å². The summed E-state index contributed by atoms with van der Waals surface area (Å²) < 4.78 is 5.45. The zero-order chi connectivity index (χ0) is 17.1. The number of nitrogens with one attached hydrogen (secondary N) is 2. The predicted molar refractivity (Wildman–Crippen MR) is 92.4 cm³/mol. The van der Waals surface area contributed by atoms with E-state index in [1.807, 2.05) is 49.4 Å². The van der Waals surface area contributed by atoms with Crippen molar-refractivity contribution in [1.29, 1.82) is 0 Å². The van der Waals surface area contributed by atoms with Crippen molar-refractivity contribution >= 4 is 23.3 Å². The molecule has 124 valence electrons. The van der Waals surface area contributed by atoms with Gasteiger partial charge in [0.05, 0.1) is 11.6 Å². The lowest BCUT2D eigenvalue weighted by Crippen LogP contribution is -2.45. The van der Waals surface area contributed by atoms with E-state index in [2.05, 4.69) is 10.6 Å². The fourth-order valence-electron chi connectivity index (χ4n) is 2.59. The van der Waals surface area contributed by atoms with Gasteiger partial charge < -0.3 is 15.4 Å². The minimum absolute atomic E-state index is 0.195. The Morgan fingerprint density at radius 1 is 1.17 bits per heavy atom. The molecule has 1 aliphatic rings. The smallest absolute Gasteiger partial charge is 0.338 e. The van der Waals surface area contributed by atoms with Crippen LogP contribution in [0.4, 0.5) is 4.79 Å². The van der Waals surface area contributed by atoms with E-state index in [1.54, 1.807) is 18.3 Å². The van der Waals surface area contributed by atoms with Gasteiger partial charge in [0.1, 0.15) is 6.61 Å². The van der Waals surface area contributed by atoms with Crippen LogP contribution in [0.2, 0.25) is 0 Å². The van der Waals surface area contributed by atoms with Crippen molar-refractivity contribution in [2.45, 2.75) is 26.5 Å². The lowest BCUT2D eigenvalue weighted by molar-refractivity contribution is -0.140. The van der Waals surface area contributed by atoms with Gasteiger partial charge in [-0.1, -0.05) is 30.3 Å². The number of ether oxygens (including phenoxy) is 1. The minimum Gasteiger partial charge on any atom is -0.457 e. The normalized spacial score (nSPS) is 17.2. The number of thiophene rings is 1. The van der Waals surface area contributed by atoms with Crippen molar-refractivity contribution < 1.29 is 14.3 Å². The van der Waals surface area contributed by atoms with Crippen LogP contribution in [-0.2, 0) is 16.1 Å². The quantitative estimate of drug-likeness (QED) is 0.837. The van der Waals surface area contributed by atoms with Crippen LogP contribution < -0.4 is 10.6 Å². The number of hydrogen-bond donors (Lipinski definition) is 2. The van der Waals surface area contributed by atoms with E-state index in [-0.39, 0.29) is 12.6 Å². The number of carbonyl (C=O) groups is 2. The molecule has 0 bridgehead atoms. The highest BCUT2D eigenvalue weighted by Gasteiger charge is 2.33. The summed E-state index contributed by atoms with van der Waals surface area (Å²) in [5.74, 6) is -0.431. The Morgan fingerprint density at radius 3 is 2.58 bits per heavy atom. The maximum atomic E-state index is 12.6. The summed E-state index contributed by atoms with van der Waals surface area (Å²) in [7, 11) is 0. The molecule has 0 fully saturated rings. The summed E-state index contributed by atoms with van der Waals surface area (Å²) >= 11 is 1.55. The average Bonchev–Trinajstić information content (AvgIpc) is 2.99. The Labute approximate surface area is 144 Å². The lowest BCUT2D eigenvalue weighted by atomic mass is 10.0. The van der Waals surface area contributed by atoms with Crippen molar-refractivity contribution in [1.82, 2.24) is 10.6 Å². The van der Waals surface area contributed by atoms with Crippen LogP contribution in [0, 0.1) is 6.92 Å². The van der Waals surface area contributed by atoms with E-state index in [0.29, 0.717) is 11.3 Å². The Hall–Kier alpha value is -2.60. The summed E-state index contributed by atoms with van der Waals surface area (Å²) in [6.45, 7) is 3.90. The van der Waals surface area contributed by atoms with Gasteiger partial charge in [0.15, 0.2) is 0 Å². The third kappa shape index (κ3) is 3.49. The van der Waals surface area contributed by atoms with Gasteiger partial charge in [-0.25, -0.2) is 9.59 Å². The lowest BCUT2D eigenvalue weighted by Gasteiger charge is -2.27. The molecule has 0 saturated carbocycles. The van der Waals surface area contributed by atoms with E-state index >= 15 is 0 Å². The summed E-state index contributed by atoms with van der Waals surface area (Å²) in [4.78, 5) is 26.4. The molecule has 2 amide bonds. The first-order valence-corrected chi connectivity index (χ1v) is 8.42. The number of benzene rings is 1. The second-order valence-corrected chi connectivity index (χ2v) is 6.90. The molecule has 0 spiro atoms. The maximum Gasteiger partial charge on any atom is 0.338 e. The van der Waals surface area contributed by atoms with Crippen LogP contribution in [0.3, 0.4) is 0 Å². The molecule has 1 atom stereocenters. The van der Waals surface area contributed by atoms with Gasteiger partial charge in [-0.2, -0.15) is 0 Å². The van der Waals surface area contributed by atoms with E-state index in [1.165, 1.54) is 0 Å². The van der Waals surface area contributed by atoms with Crippen LogP contribution in [0.15, 0.2) is 53.7 Å². The molecule has 1 aliphatic heterocycles. The second kappa shape index (κ2) is 6.88. The Morgan fingerprint density at radius 2 is 1.92 bits per heavy atom. The van der Waals surface area contributed by atoms with Gasteiger partial charge in [-0.3, -0.25) is 0 Å². The molecule has 2 heterocycles. The van der Waals surface area contributed by atoms with Gasteiger partial charge in [-0.05, 0) is 31.5 Å². The molecule has 1 aromatic heterocycles. The average molecular weight is 342 g/mol. The zero-order valence-corrected chi connectivity index (χ0v) is 14.3. The molecule has 0 saturated heterocycles. The van der Waals surface area contributed by atoms with Gasteiger partial charge in [-0.15, -0.1) is 11.3 Å². The second-order valence-electron chi connectivity index (χ2n) is 5.58. The van der Waals surface area contributed by atoms with Gasteiger partial charge in [0, 0.05) is 15.5 Å². The first-order chi connectivity index (χ1) is 11.5. The summed E-state index contributed by atoms with van der Waals surface area (Å²) in [5, 5.41) is 5.46. The number of aryl methyl sites for hydroxylation is 1. The van der Waals surface area contributed by atoms with Crippen LogP contribution in [0.1, 0.15) is 28.3 Å². The molecule has 2 aromatic rings. The third-order valence-electron chi connectivity index (χ3n) is 3.75. The third-order valence-corrected chi connectivity index (χ3v) is 4.81. The van der Waals surface area contributed by atoms with Crippen LogP contribution in [-0.4, -0.2) is 12.0 Å². The monoisotopic (exact) mass is 342 g/mol. The molecule has 0 aliphatic carbocycles. The van der Waals surface area contributed by atoms with Crippen molar-refractivity contribution in [2.24, 2.45) is 0 Å². The maximum absolute atomic E-state index is 12.6. The molecular formula is C18H18N2O3S. The first-order valence-electron chi connectivity index (χ1n) is 7.60. The van der Waals surface area contributed by atoms with E-state index in [0.717, 1.165) is 15.3 Å². The molecule has 0 radical (unpaired) electrons. The number of hydrogen-bond acceptors (Lipinski definition) is 4. The largest absolute Gasteiger partial charge is 0.457 e. The molecule has 5 nitrogen and oxygen atoms in total. The highest BCUT2D eigenvalue weighted by Crippen LogP contribution is 2.32. The van der Waals surface area contributed by atoms with Crippen LogP contribution in [0.5, 0.6) is 0 Å². The molecule has 3 rings (SSSR count). The SMILES string of the molecule is CC1=C(C(=O)OCc2ccccc2)C(c2ccc(C)s2)NC(=O)N1. The van der Waals surface area contributed by atoms with E-state index in [9.17, 15) is 9.59 Å². The molecular weight excluding hydrogens is 324 g/mol. The van der Waals surface area contributed by atoms with E-state index < -0.39 is 12.0 Å². The summed E-state index contributed by atoms with van der Waals surface area (Å²) in [6.07, 6.45) is 0. The van der Waals surface area contributed by atoms with Crippen LogP contribution >= 0.6 is 11.3 Å². The van der Waals surface area contributed by atoms with Crippen molar-refractivity contribution in [3.63, 3.8) is 0 Å². The Kier molecular flexibility index (Phi) is 4.66. The molecule has 1 unspecified atom stereocenters. The first kappa shape index (κ1) is 16.3. The van der Waals surface area contributed by atoms with Crippen LogP contribution in [0.25, 0.3) is 0 Å². The minimum atomic E-state index is -0.485. The highest BCUT2D eigenvalue weighted by atomic mass is 32.1. The molecule has 2 N–H and O–H groups in total. The number of urea groups is 1. The van der Waals surface area contributed by atoms with Crippen molar-refractivity contribution in [2.75, 3.05) is 0 Å². The number of carbonyl (C=O) groups excluding carboxylic acids is 2. The molecule has 1 aromatic carbocycles.